The van der Waals surface area contributed by atoms with E-state index in [0.29, 0.717) is 22.2 Å². The average Bonchev–Trinajstić information content (AvgIpc) is 2.72. The molecule has 3 rings (SSSR count). The van der Waals surface area contributed by atoms with Crippen LogP contribution < -0.4 is 10.6 Å². The predicted octanol–water partition coefficient (Wildman–Crippen LogP) is 2.78. The maximum absolute atomic E-state index is 12.5. The van der Waals surface area contributed by atoms with Crippen LogP contribution in [0.5, 0.6) is 0 Å². The van der Waals surface area contributed by atoms with E-state index in [4.69, 9.17) is 4.74 Å². The van der Waals surface area contributed by atoms with E-state index in [1.165, 1.54) is 14.0 Å². The van der Waals surface area contributed by atoms with Gasteiger partial charge in [0, 0.05) is 36.1 Å². The Balaban J connectivity index is 1.70. The van der Waals surface area contributed by atoms with Gasteiger partial charge in [-0.15, -0.1) is 0 Å². The molecule has 0 bridgehead atoms. The van der Waals surface area contributed by atoms with Crippen molar-refractivity contribution in [2.24, 2.45) is 0 Å². The molecule has 7 nitrogen and oxygen atoms in total. The highest BCUT2D eigenvalue weighted by molar-refractivity contribution is 6.05. The molecular formula is C21H19N3O4. The van der Waals surface area contributed by atoms with E-state index in [1.54, 1.807) is 54.9 Å². The second kappa shape index (κ2) is 8.30. The predicted molar refractivity (Wildman–Crippen MR) is 105 cm³/mol. The van der Waals surface area contributed by atoms with Gasteiger partial charge in [0.1, 0.15) is 0 Å². The van der Waals surface area contributed by atoms with Crippen LogP contribution in [0.2, 0.25) is 0 Å². The summed E-state index contributed by atoms with van der Waals surface area (Å²) in [5.41, 5.74) is 1.18. The number of carbonyl (C=O) groups excluding carboxylic acids is 3. The summed E-state index contributed by atoms with van der Waals surface area (Å²) in [4.78, 5) is 40.6. The van der Waals surface area contributed by atoms with E-state index in [0.717, 1.165) is 5.39 Å². The highest BCUT2D eigenvalue weighted by atomic mass is 16.5. The van der Waals surface area contributed by atoms with Crippen molar-refractivity contribution < 1.29 is 19.1 Å². The van der Waals surface area contributed by atoms with Gasteiger partial charge in [0.15, 0.2) is 6.10 Å². The van der Waals surface area contributed by atoms with Gasteiger partial charge < -0.3 is 15.4 Å². The molecule has 2 amide bonds. The fourth-order valence-electron chi connectivity index (χ4n) is 2.70. The van der Waals surface area contributed by atoms with Crippen molar-refractivity contribution in [3.8, 4) is 0 Å². The Bertz CT molecular complexity index is 1040. The molecule has 0 spiro atoms. The molecule has 0 aliphatic carbocycles. The summed E-state index contributed by atoms with van der Waals surface area (Å²) in [5.74, 6) is -1.37. The number of aromatic nitrogens is 1. The van der Waals surface area contributed by atoms with Gasteiger partial charge in [-0.1, -0.05) is 18.2 Å². The third kappa shape index (κ3) is 4.15. The van der Waals surface area contributed by atoms with Crippen molar-refractivity contribution in [3.63, 3.8) is 0 Å². The second-order valence-electron chi connectivity index (χ2n) is 6.10. The highest BCUT2D eigenvalue weighted by Gasteiger charge is 2.20. The SMILES string of the molecule is CNC(=O)c1cccc(NC(=O)C(C)OC(=O)c2cccc3ccncc23)c1. The smallest absolute Gasteiger partial charge is 0.339 e. The highest BCUT2D eigenvalue weighted by Crippen LogP contribution is 2.19. The Labute approximate surface area is 161 Å². The Kier molecular flexibility index (Phi) is 5.64. The number of fused-ring (bicyclic) bond motifs is 1. The zero-order chi connectivity index (χ0) is 20.1. The maximum atomic E-state index is 12.5. The zero-order valence-electron chi connectivity index (χ0n) is 15.4. The fraction of sp³-hybridized carbons (Fsp3) is 0.143. The van der Waals surface area contributed by atoms with Crippen molar-refractivity contribution in [2.75, 3.05) is 12.4 Å². The minimum Gasteiger partial charge on any atom is -0.449 e. The summed E-state index contributed by atoms with van der Waals surface area (Å²) in [7, 11) is 1.53. The summed E-state index contributed by atoms with van der Waals surface area (Å²) in [5, 5.41) is 6.67. The van der Waals surface area contributed by atoms with Crippen LogP contribution in [0.1, 0.15) is 27.6 Å². The summed E-state index contributed by atoms with van der Waals surface area (Å²) in [6.07, 6.45) is 2.20. The van der Waals surface area contributed by atoms with Crippen LogP contribution in [0.4, 0.5) is 5.69 Å². The molecule has 1 atom stereocenters. The van der Waals surface area contributed by atoms with Crippen LogP contribution >= 0.6 is 0 Å². The Morgan fingerprint density at radius 2 is 1.86 bits per heavy atom. The van der Waals surface area contributed by atoms with Crippen LogP contribution in [0.3, 0.4) is 0 Å². The first-order chi connectivity index (χ1) is 13.5. The molecule has 0 aliphatic rings. The quantitative estimate of drug-likeness (QED) is 0.667. The summed E-state index contributed by atoms with van der Waals surface area (Å²) in [6, 6.07) is 13.5. The number of esters is 1. The van der Waals surface area contributed by atoms with Gasteiger partial charge in [0.2, 0.25) is 0 Å². The summed E-state index contributed by atoms with van der Waals surface area (Å²) < 4.78 is 5.32. The number of nitrogens with one attached hydrogen (secondary N) is 2. The molecule has 7 heteroatoms. The number of rotatable bonds is 5. The number of carbonyl (C=O) groups is 3. The lowest BCUT2D eigenvalue weighted by Gasteiger charge is -2.14. The minimum absolute atomic E-state index is 0.264. The van der Waals surface area contributed by atoms with Crippen LogP contribution in [0.25, 0.3) is 10.8 Å². The minimum atomic E-state index is -1.02. The van der Waals surface area contributed by atoms with Crippen LogP contribution in [-0.4, -0.2) is 35.9 Å². The van der Waals surface area contributed by atoms with Gasteiger partial charge in [-0.25, -0.2) is 4.79 Å². The molecule has 0 saturated heterocycles. The lowest BCUT2D eigenvalue weighted by molar-refractivity contribution is -0.123. The summed E-state index contributed by atoms with van der Waals surface area (Å²) >= 11 is 0. The number of hydrogen-bond acceptors (Lipinski definition) is 5. The van der Waals surface area contributed by atoms with E-state index in [2.05, 4.69) is 15.6 Å². The molecule has 0 saturated carbocycles. The molecule has 1 aromatic heterocycles. The lowest BCUT2D eigenvalue weighted by Crippen LogP contribution is -2.30. The molecule has 0 radical (unpaired) electrons. The third-order valence-corrected chi connectivity index (χ3v) is 4.18. The van der Waals surface area contributed by atoms with Gasteiger partial charge in [0.25, 0.3) is 11.8 Å². The fourth-order valence-corrected chi connectivity index (χ4v) is 2.70. The summed E-state index contributed by atoms with van der Waals surface area (Å²) in [6.45, 7) is 1.49. The van der Waals surface area contributed by atoms with E-state index >= 15 is 0 Å². The van der Waals surface area contributed by atoms with Crippen molar-refractivity contribution >= 4 is 34.2 Å². The molecule has 142 valence electrons. The Morgan fingerprint density at radius 1 is 1.07 bits per heavy atom. The van der Waals surface area contributed by atoms with E-state index in [1.807, 2.05) is 6.07 Å². The number of hydrogen-bond donors (Lipinski definition) is 2. The number of benzene rings is 2. The molecule has 2 N–H and O–H groups in total. The molecule has 0 fully saturated rings. The first-order valence-electron chi connectivity index (χ1n) is 8.66. The van der Waals surface area contributed by atoms with E-state index in [9.17, 15) is 14.4 Å². The molecule has 2 aromatic carbocycles. The molecule has 28 heavy (non-hydrogen) atoms. The molecule has 3 aromatic rings. The number of nitrogens with zero attached hydrogens (tertiary/aromatic N) is 1. The number of amides is 2. The largest absolute Gasteiger partial charge is 0.449 e. The maximum Gasteiger partial charge on any atom is 0.339 e. The number of pyridine rings is 1. The van der Waals surface area contributed by atoms with Crippen LogP contribution in [0, 0.1) is 0 Å². The molecule has 1 unspecified atom stereocenters. The zero-order valence-corrected chi connectivity index (χ0v) is 15.4. The monoisotopic (exact) mass is 377 g/mol. The Hall–Kier alpha value is -3.74. The van der Waals surface area contributed by atoms with Gasteiger partial charge >= 0.3 is 5.97 Å². The molecule has 1 heterocycles. The first-order valence-corrected chi connectivity index (χ1v) is 8.66. The second-order valence-corrected chi connectivity index (χ2v) is 6.10. The van der Waals surface area contributed by atoms with Gasteiger partial charge in [-0.3, -0.25) is 14.6 Å². The first kappa shape index (κ1) is 19.0. The van der Waals surface area contributed by atoms with Crippen molar-refractivity contribution in [3.05, 3.63) is 72.1 Å². The normalized spacial score (nSPS) is 11.5. The van der Waals surface area contributed by atoms with Gasteiger partial charge in [-0.05, 0) is 42.6 Å². The topological polar surface area (TPSA) is 97.4 Å². The van der Waals surface area contributed by atoms with Crippen LogP contribution in [-0.2, 0) is 9.53 Å². The van der Waals surface area contributed by atoms with Crippen molar-refractivity contribution in [1.29, 1.82) is 0 Å². The molecular weight excluding hydrogens is 358 g/mol. The van der Waals surface area contributed by atoms with Crippen molar-refractivity contribution in [1.82, 2.24) is 10.3 Å². The standard InChI is InChI=1S/C21H19N3O4/c1-13(19(25)24-16-7-3-6-15(11-16)20(26)22-2)28-21(27)17-8-4-5-14-9-10-23-12-18(14)17/h3-13H,1-2H3,(H,22,26)(H,24,25). The van der Waals surface area contributed by atoms with Gasteiger partial charge in [-0.2, -0.15) is 0 Å². The molecule has 0 aliphatic heterocycles. The van der Waals surface area contributed by atoms with E-state index in [-0.39, 0.29) is 5.91 Å². The van der Waals surface area contributed by atoms with E-state index < -0.39 is 18.0 Å². The van der Waals surface area contributed by atoms with Crippen LogP contribution in [0.15, 0.2) is 60.9 Å². The number of anilines is 1. The Morgan fingerprint density at radius 3 is 2.64 bits per heavy atom. The van der Waals surface area contributed by atoms with Crippen molar-refractivity contribution in [2.45, 2.75) is 13.0 Å². The third-order valence-electron chi connectivity index (χ3n) is 4.18. The lowest BCUT2D eigenvalue weighted by atomic mass is 10.1. The van der Waals surface area contributed by atoms with Gasteiger partial charge in [0.05, 0.1) is 5.56 Å². The number of ether oxygens (including phenoxy) is 1. The average molecular weight is 377 g/mol.